The fraction of sp³-hybridized carbons (Fsp3) is 0.538. The van der Waals surface area contributed by atoms with Crippen molar-refractivity contribution in [3.63, 3.8) is 0 Å². The van der Waals surface area contributed by atoms with Gasteiger partial charge in [0.05, 0.1) is 0 Å². The van der Waals surface area contributed by atoms with E-state index < -0.39 is 0 Å². The van der Waals surface area contributed by atoms with Crippen LogP contribution in [-0.2, 0) is 13.1 Å². The topological polar surface area (TPSA) is 29.3 Å². The van der Waals surface area contributed by atoms with Gasteiger partial charge in [0.25, 0.3) is 0 Å². The van der Waals surface area contributed by atoms with Crippen molar-refractivity contribution in [2.24, 2.45) is 5.73 Å². The van der Waals surface area contributed by atoms with Gasteiger partial charge in [-0.1, -0.05) is 24.3 Å². The van der Waals surface area contributed by atoms with Gasteiger partial charge in [0, 0.05) is 19.1 Å². The minimum absolute atomic E-state index is 0.651. The summed E-state index contributed by atoms with van der Waals surface area (Å²) in [5.74, 6) is 0. The summed E-state index contributed by atoms with van der Waals surface area (Å²) in [6.07, 6.45) is 2.68. The van der Waals surface area contributed by atoms with Crippen LogP contribution in [0.1, 0.15) is 30.9 Å². The molecule has 0 radical (unpaired) electrons. The molecule has 2 N–H and O–H groups in total. The molecule has 1 atom stereocenters. The van der Waals surface area contributed by atoms with Crippen molar-refractivity contribution < 1.29 is 0 Å². The van der Waals surface area contributed by atoms with Gasteiger partial charge in [-0.15, -0.1) is 0 Å². The minimum Gasteiger partial charge on any atom is -0.326 e. The molecule has 0 amide bonds. The van der Waals surface area contributed by atoms with Gasteiger partial charge in [-0.3, -0.25) is 4.90 Å². The third-order valence-corrected chi connectivity index (χ3v) is 3.40. The quantitative estimate of drug-likeness (QED) is 0.817. The molecule has 2 heteroatoms. The van der Waals surface area contributed by atoms with Crippen LogP contribution in [0.25, 0.3) is 0 Å². The van der Waals surface area contributed by atoms with Gasteiger partial charge in [0.1, 0.15) is 0 Å². The van der Waals surface area contributed by atoms with Crippen LogP contribution in [0, 0.1) is 0 Å². The van der Waals surface area contributed by atoms with Gasteiger partial charge in [0.2, 0.25) is 0 Å². The Morgan fingerprint density at radius 3 is 2.67 bits per heavy atom. The molecule has 2 nitrogen and oxygen atoms in total. The zero-order valence-electron chi connectivity index (χ0n) is 9.45. The number of likely N-dealkylation sites (tertiary alicyclic amines) is 1. The molecule has 1 heterocycles. The summed E-state index contributed by atoms with van der Waals surface area (Å²) in [5.41, 5.74) is 8.43. The lowest BCUT2D eigenvalue weighted by atomic mass is 10.1. The third kappa shape index (κ3) is 2.39. The van der Waals surface area contributed by atoms with Crippen molar-refractivity contribution in [3.8, 4) is 0 Å². The largest absolute Gasteiger partial charge is 0.326 e. The Morgan fingerprint density at radius 1 is 1.33 bits per heavy atom. The van der Waals surface area contributed by atoms with E-state index in [1.54, 1.807) is 0 Å². The van der Waals surface area contributed by atoms with Crippen molar-refractivity contribution in [3.05, 3.63) is 35.4 Å². The SMILES string of the molecule is CC1CCCN1Cc1ccccc1CN. The molecule has 1 fully saturated rings. The molecule has 0 saturated carbocycles. The van der Waals surface area contributed by atoms with Crippen LogP contribution in [0.15, 0.2) is 24.3 Å². The lowest BCUT2D eigenvalue weighted by Gasteiger charge is -2.22. The van der Waals surface area contributed by atoms with Crippen molar-refractivity contribution in [2.75, 3.05) is 6.54 Å². The molecule has 1 saturated heterocycles. The number of hydrogen-bond donors (Lipinski definition) is 1. The smallest absolute Gasteiger partial charge is 0.0239 e. The first-order valence-electron chi connectivity index (χ1n) is 5.82. The zero-order chi connectivity index (χ0) is 10.7. The molecule has 15 heavy (non-hydrogen) atoms. The van der Waals surface area contributed by atoms with E-state index in [1.807, 2.05) is 0 Å². The Kier molecular flexibility index (Phi) is 3.39. The van der Waals surface area contributed by atoms with Crippen LogP contribution in [0.5, 0.6) is 0 Å². The maximum Gasteiger partial charge on any atom is 0.0239 e. The summed E-state index contributed by atoms with van der Waals surface area (Å²) in [6.45, 7) is 5.27. The number of nitrogens with two attached hydrogens (primary N) is 1. The van der Waals surface area contributed by atoms with Crippen LogP contribution < -0.4 is 5.73 Å². The van der Waals surface area contributed by atoms with E-state index in [2.05, 4.69) is 36.1 Å². The fourth-order valence-corrected chi connectivity index (χ4v) is 2.36. The van der Waals surface area contributed by atoms with Gasteiger partial charge in [0.15, 0.2) is 0 Å². The van der Waals surface area contributed by atoms with Gasteiger partial charge in [-0.05, 0) is 37.4 Å². The lowest BCUT2D eigenvalue weighted by Crippen LogP contribution is -2.26. The van der Waals surface area contributed by atoms with E-state index in [9.17, 15) is 0 Å². The number of hydrogen-bond acceptors (Lipinski definition) is 2. The Balaban J connectivity index is 2.09. The first-order valence-corrected chi connectivity index (χ1v) is 5.82. The molecule has 0 aliphatic carbocycles. The van der Waals surface area contributed by atoms with E-state index in [1.165, 1.54) is 30.5 Å². The van der Waals surface area contributed by atoms with Crippen molar-refractivity contribution in [1.29, 1.82) is 0 Å². The van der Waals surface area contributed by atoms with Gasteiger partial charge >= 0.3 is 0 Å². The first-order chi connectivity index (χ1) is 7.31. The second kappa shape index (κ2) is 4.77. The van der Waals surface area contributed by atoms with Crippen molar-refractivity contribution in [1.82, 2.24) is 4.90 Å². The van der Waals surface area contributed by atoms with Gasteiger partial charge in [-0.25, -0.2) is 0 Å². The highest BCUT2D eigenvalue weighted by Gasteiger charge is 2.20. The molecule has 1 aromatic carbocycles. The average molecular weight is 204 g/mol. The standard InChI is InChI=1S/C13H20N2/c1-11-5-4-8-15(11)10-13-7-3-2-6-12(13)9-14/h2-3,6-7,11H,4-5,8-10,14H2,1H3. The molecule has 0 spiro atoms. The molecular weight excluding hydrogens is 184 g/mol. The van der Waals surface area contributed by atoms with E-state index in [-0.39, 0.29) is 0 Å². The number of rotatable bonds is 3. The second-order valence-corrected chi connectivity index (χ2v) is 4.43. The zero-order valence-corrected chi connectivity index (χ0v) is 9.45. The van der Waals surface area contributed by atoms with E-state index in [4.69, 9.17) is 5.73 Å². The van der Waals surface area contributed by atoms with E-state index in [0.717, 1.165) is 12.6 Å². The maximum atomic E-state index is 5.74. The lowest BCUT2D eigenvalue weighted by molar-refractivity contribution is 0.259. The minimum atomic E-state index is 0.651. The Bertz CT molecular complexity index is 322. The van der Waals surface area contributed by atoms with E-state index in [0.29, 0.717) is 6.54 Å². The van der Waals surface area contributed by atoms with Crippen LogP contribution in [0.4, 0.5) is 0 Å². The summed E-state index contributed by atoms with van der Waals surface area (Å²) in [7, 11) is 0. The molecule has 2 rings (SSSR count). The maximum absolute atomic E-state index is 5.74. The molecular formula is C13H20N2. The molecule has 1 aliphatic heterocycles. The van der Waals surface area contributed by atoms with E-state index >= 15 is 0 Å². The van der Waals surface area contributed by atoms with Gasteiger partial charge in [-0.2, -0.15) is 0 Å². The highest BCUT2D eigenvalue weighted by Crippen LogP contribution is 2.20. The summed E-state index contributed by atoms with van der Waals surface area (Å²) in [4.78, 5) is 2.55. The Morgan fingerprint density at radius 2 is 2.07 bits per heavy atom. The van der Waals surface area contributed by atoms with Crippen LogP contribution in [-0.4, -0.2) is 17.5 Å². The van der Waals surface area contributed by atoms with Crippen LogP contribution in [0.2, 0.25) is 0 Å². The molecule has 1 aromatic rings. The average Bonchev–Trinajstić information content (AvgIpc) is 2.65. The summed E-state index contributed by atoms with van der Waals surface area (Å²) >= 11 is 0. The Labute approximate surface area is 92.1 Å². The number of nitrogens with zero attached hydrogens (tertiary/aromatic N) is 1. The highest BCUT2D eigenvalue weighted by atomic mass is 15.2. The summed E-state index contributed by atoms with van der Waals surface area (Å²) in [6, 6.07) is 9.24. The van der Waals surface area contributed by atoms with Crippen LogP contribution in [0.3, 0.4) is 0 Å². The monoisotopic (exact) mass is 204 g/mol. The van der Waals surface area contributed by atoms with Crippen molar-refractivity contribution in [2.45, 2.75) is 38.9 Å². The summed E-state index contributed by atoms with van der Waals surface area (Å²) < 4.78 is 0. The molecule has 0 bridgehead atoms. The predicted octanol–water partition coefficient (Wildman–Crippen LogP) is 2.13. The normalized spacial score (nSPS) is 22.1. The fourth-order valence-electron chi connectivity index (χ4n) is 2.36. The highest BCUT2D eigenvalue weighted by molar-refractivity contribution is 5.26. The second-order valence-electron chi connectivity index (χ2n) is 4.43. The van der Waals surface area contributed by atoms with Crippen LogP contribution >= 0.6 is 0 Å². The van der Waals surface area contributed by atoms with Crippen molar-refractivity contribution >= 4 is 0 Å². The van der Waals surface area contributed by atoms with Gasteiger partial charge < -0.3 is 5.73 Å². The first kappa shape index (κ1) is 10.7. The third-order valence-electron chi connectivity index (χ3n) is 3.40. The molecule has 1 aliphatic rings. The molecule has 0 aromatic heterocycles. The summed E-state index contributed by atoms with van der Waals surface area (Å²) in [5, 5.41) is 0. The molecule has 1 unspecified atom stereocenters. The number of benzene rings is 1. The predicted molar refractivity (Wildman–Crippen MR) is 63.4 cm³/mol. The molecule has 82 valence electrons. The Hall–Kier alpha value is -0.860.